The Bertz CT molecular complexity index is 867. The van der Waals surface area contributed by atoms with Crippen LogP contribution in [0.2, 0.25) is 0 Å². The van der Waals surface area contributed by atoms with E-state index in [0.717, 1.165) is 56.9 Å². The Hall–Kier alpha value is -1.98. The third-order valence-electron chi connectivity index (χ3n) is 5.76. The van der Waals surface area contributed by atoms with Crippen molar-refractivity contribution in [3.63, 3.8) is 0 Å². The van der Waals surface area contributed by atoms with Crippen molar-refractivity contribution in [2.45, 2.75) is 12.6 Å². The number of morpholine rings is 1. The molecule has 1 aromatic heterocycles. The molecule has 178 valence electrons. The van der Waals surface area contributed by atoms with Gasteiger partial charge in [0.2, 0.25) is 0 Å². The van der Waals surface area contributed by atoms with Crippen LogP contribution in [0.4, 0.5) is 0 Å². The Kier molecular flexibility index (Phi) is 10.6. The molecule has 1 aliphatic rings. The van der Waals surface area contributed by atoms with Crippen LogP contribution in [-0.2, 0) is 18.3 Å². The maximum absolute atomic E-state index is 5.58. The summed E-state index contributed by atoms with van der Waals surface area (Å²) in [6.07, 6.45) is 2.06. The molecule has 0 amide bonds. The average molecular weight is 557 g/mol. The number of benzene rings is 1. The highest BCUT2D eigenvalue weighted by Crippen LogP contribution is 2.32. The number of methoxy groups -OCH3 is 2. The predicted octanol–water partition coefficient (Wildman–Crippen LogP) is 2.74. The van der Waals surface area contributed by atoms with E-state index in [1.54, 1.807) is 14.2 Å². The fourth-order valence-corrected chi connectivity index (χ4v) is 3.96. The Morgan fingerprint density at radius 1 is 1.19 bits per heavy atom. The number of halogens is 1. The summed E-state index contributed by atoms with van der Waals surface area (Å²) in [6.45, 7) is 4.76. The molecule has 0 bridgehead atoms. The van der Waals surface area contributed by atoms with Crippen molar-refractivity contribution in [1.29, 1.82) is 0 Å². The molecule has 2 heterocycles. The number of rotatable bonds is 8. The zero-order valence-corrected chi connectivity index (χ0v) is 22.0. The summed E-state index contributed by atoms with van der Waals surface area (Å²) in [5.74, 6) is 2.33. The summed E-state index contributed by atoms with van der Waals surface area (Å²) >= 11 is 0. The van der Waals surface area contributed by atoms with Gasteiger partial charge in [0.15, 0.2) is 17.5 Å². The fraction of sp³-hybridized carbons (Fsp3) is 0.522. The second-order valence-electron chi connectivity index (χ2n) is 7.67. The van der Waals surface area contributed by atoms with Gasteiger partial charge in [0.05, 0.1) is 40.0 Å². The van der Waals surface area contributed by atoms with Crippen molar-refractivity contribution < 1.29 is 14.2 Å². The van der Waals surface area contributed by atoms with Crippen LogP contribution in [0.25, 0.3) is 0 Å². The Morgan fingerprint density at radius 3 is 2.50 bits per heavy atom. The largest absolute Gasteiger partial charge is 0.493 e. The number of aromatic nitrogens is 1. The van der Waals surface area contributed by atoms with Crippen LogP contribution in [-0.4, -0.2) is 81.5 Å². The van der Waals surface area contributed by atoms with Gasteiger partial charge in [0.25, 0.3) is 0 Å². The molecule has 1 fully saturated rings. The maximum Gasteiger partial charge on any atom is 0.193 e. The van der Waals surface area contributed by atoms with Crippen LogP contribution in [0.5, 0.6) is 11.5 Å². The van der Waals surface area contributed by atoms with Gasteiger partial charge < -0.3 is 29.0 Å². The summed E-state index contributed by atoms with van der Waals surface area (Å²) in [6, 6.07) is 10.5. The van der Waals surface area contributed by atoms with Crippen molar-refractivity contribution in [3.8, 4) is 11.5 Å². The monoisotopic (exact) mass is 557 g/mol. The number of aliphatic imine (C=N–C) groups is 1. The smallest absolute Gasteiger partial charge is 0.193 e. The SMILES string of the molecule is CN=C(NCC(c1ccc(OC)c(OC)c1)N1CCOCC1)N(C)Cc1cccn1C.I. The first-order valence-electron chi connectivity index (χ1n) is 10.6. The van der Waals surface area contributed by atoms with Gasteiger partial charge in [-0.05, 0) is 29.8 Å². The van der Waals surface area contributed by atoms with E-state index in [1.165, 1.54) is 11.3 Å². The highest BCUT2D eigenvalue weighted by molar-refractivity contribution is 14.0. The molecule has 2 aromatic rings. The molecule has 9 heteroatoms. The van der Waals surface area contributed by atoms with Crippen molar-refractivity contribution >= 4 is 29.9 Å². The van der Waals surface area contributed by atoms with Gasteiger partial charge in [-0.2, -0.15) is 0 Å². The van der Waals surface area contributed by atoms with E-state index < -0.39 is 0 Å². The number of nitrogens with zero attached hydrogens (tertiary/aromatic N) is 4. The second-order valence-corrected chi connectivity index (χ2v) is 7.67. The third kappa shape index (κ3) is 6.52. The molecule has 0 aliphatic carbocycles. The summed E-state index contributed by atoms with van der Waals surface area (Å²) in [5.41, 5.74) is 2.41. The lowest BCUT2D eigenvalue weighted by molar-refractivity contribution is 0.0168. The molecular weight excluding hydrogens is 521 g/mol. The first kappa shape index (κ1) is 26.3. The minimum Gasteiger partial charge on any atom is -0.493 e. The van der Waals surface area contributed by atoms with Gasteiger partial charge in [-0.25, -0.2) is 0 Å². The molecule has 0 spiro atoms. The standard InChI is InChI=1S/C23H35N5O3.HI/c1-24-23(27(3)17-19-7-6-10-26(19)2)25-16-20(28-11-13-31-14-12-28)18-8-9-21(29-4)22(15-18)30-5;/h6-10,15,20H,11-14,16-17H2,1-5H3,(H,24,25);1H. The number of hydrogen-bond acceptors (Lipinski definition) is 5. The second kappa shape index (κ2) is 12.9. The molecular formula is C23H36IN5O3. The van der Waals surface area contributed by atoms with Gasteiger partial charge >= 0.3 is 0 Å². The number of ether oxygens (including phenoxy) is 3. The van der Waals surface area contributed by atoms with Gasteiger partial charge in [0, 0.05) is 52.7 Å². The molecule has 1 aromatic carbocycles. The van der Waals surface area contributed by atoms with E-state index in [2.05, 4.69) is 69.2 Å². The first-order valence-corrected chi connectivity index (χ1v) is 10.6. The van der Waals surface area contributed by atoms with E-state index >= 15 is 0 Å². The minimum atomic E-state index is 0. The summed E-state index contributed by atoms with van der Waals surface area (Å²) in [5, 5.41) is 3.58. The molecule has 32 heavy (non-hydrogen) atoms. The summed E-state index contributed by atoms with van der Waals surface area (Å²) in [4.78, 5) is 9.09. The van der Waals surface area contributed by atoms with Crippen molar-refractivity contribution in [1.82, 2.24) is 19.7 Å². The van der Waals surface area contributed by atoms with E-state index in [0.29, 0.717) is 0 Å². The Labute approximate surface area is 208 Å². The molecule has 1 aliphatic heterocycles. The van der Waals surface area contributed by atoms with Gasteiger partial charge in [-0.3, -0.25) is 9.89 Å². The van der Waals surface area contributed by atoms with Crippen LogP contribution in [0.3, 0.4) is 0 Å². The molecule has 1 atom stereocenters. The lowest BCUT2D eigenvalue weighted by Gasteiger charge is -2.36. The topological polar surface area (TPSA) is 63.5 Å². The number of guanidine groups is 1. The average Bonchev–Trinajstić information content (AvgIpc) is 3.21. The summed E-state index contributed by atoms with van der Waals surface area (Å²) in [7, 11) is 9.27. The van der Waals surface area contributed by atoms with E-state index in [1.807, 2.05) is 13.1 Å². The Balaban J connectivity index is 0.00000363. The highest BCUT2D eigenvalue weighted by atomic mass is 127. The number of aryl methyl sites for hydroxylation is 1. The third-order valence-corrected chi connectivity index (χ3v) is 5.76. The first-order chi connectivity index (χ1) is 15.1. The van der Waals surface area contributed by atoms with Gasteiger partial charge in [0.1, 0.15) is 0 Å². The van der Waals surface area contributed by atoms with E-state index in [-0.39, 0.29) is 30.0 Å². The van der Waals surface area contributed by atoms with Crippen molar-refractivity contribution in [3.05, 3.63) is 47.8 Å². The van der Waals surface area contributed by atoms with Gasteiger partial charge in [-0.15, -0.1) is 24.0 Å². The van der Waals surface area contributed by atoms with Crippen LogP contribution in [0.15, 0.2) is 41.5 Å². The predicted molar refractivity (Wildman–Crippen MR) is 138 cm³/mol. The molecule has 8 nitrogen and oxygen atoms in total. The summed E-state index contributed by atoms with van der Waals surface area (Å²) < 4.78 is 18.7. The quantitative estimate of drug-likeness (QED) is 0.306. The van der Waals surface area contributed by atoms with Crippen LogP contribution < -0.4 is 14.8 Å². The van der Waals surface area contributed by atoms with Gasteiger partial charge in [-0.1, -0.05) is 6.07 Å². The zero-order valence-electron chi connectivity index (χ0n) is 19.7. The normalized spacial score (nSPS) is 15.6. The number of nitrogens with one attached hydrogen (secondary N) is 1. The fourth-order valence-electron chi connectivity index (χ4n) is 3.96. The van der Waals surface area contributed by atoms with E-state index in [9.17, 15) is 0 Å². The zero-order chi connectivity index (χ0) is 22.2. The molecule has 0 saturated carbocycles. The highest BCUT2D eigenvalue weighted by Gasteiger charge is 2.24. The maximum atomic E-state index is 5.58. The molecule has 0 radical (unpaired) electrons. The lowest BCUT2D eigenvalue weighted by Crippen LogP contribution is -2.46. The Morgan fingerprint density at radius 2 is 1.91 bits per heavy atom. The van der Waals surface area contributed by atoms with Crippen LogP contribution in [0.1, 0.15) is 17.3 Å². The number of hydrogen-bond donors (Lipinski definition) is 1. The van der Waals surface area contributed by atoms with E-state index in [4.69, 9.17) is 14.2 Å². The van der Waals surface area contributed by atoms with Crippen LogP contribution in [0, 0.1) is 0 Å². The van der Waals surface area contributed by atoms with Crippen molar-refractivity contribution in [2.75, 3.05) is 61.2 Å². The van der Waals surface area contributed by atoms with Crippen LogP contribution >= 0.6 is 24.0 Å². The molecule has 1 saturated heterocycles. The molecule has 3 rings (SSSR count). The lowest BCUT2D eigenvalue weighted by atomic mass is 10.0. The minimum absolute atomic E-state index is 0. The molecule has 1 N–H and O–H groups in total. The van der Waals surface area contributed by atoms with Crippen molar-refractivity contribution in [2.24, 2.45) is 12.0 Å². The molecule has 1 unspecified atom stereocenters.